The topological polar surface area (TPSA) is 99.2 Å². The molecule has 0 atom stereocenters. The molecule has 2 rings (SSSR count). The van der Waals surface area contributed by atoms with Crippen molar-refractivity contribution in [2.24, 2.45) is 0 Å². The molecule has 0 spiro atoms. The number of carbonyl (C=O) groups is 1. The molecule has 0 saturated carbocycles. The molecule has 106 valence electrons. The molecule has 0 aliphatic carbocycles. The highest BCUT2D eigenvalue weighted by Crippen LogP contribution is 2.15. The second-order valence-corrected chi connectivity index (χ2v) is 4.21. The summed E-state index contributed by atoms with van der Waals surface area (Å²) in [5, 5.41) is 4.11. The Balaban J connectivity index is 2.37. The van der Waals surface area contributed by atoms with Crippen LogP contribution in [0.2, 0.25) is 0 Å². The summed E-state index contributed by atoms with van der Waals surface area (Å²) in [6, 6.07) is 1.67. The fourth-order valence-electron chi connectivity index (χ4n) is 1.54. The van der Waals surface area contributed by atoms with E-state index in [1.54, 1.807) is 24.1 Å². The molecule has 2 N–H and O–H groups in total. The van der Waals surface area contributed by atoms with Crippen LogP contribution in [0.25, 0.3) is 5.82 Å². The van der Waals surface area contributed by atoms with Gasteiger partial charge in [0.05, 0.1) is 18.5 Å². The third kappa shape index (κ3) is 2.68. The zero-order valence-corrected chi connectivity index (χ0v) is 11.6. The van der Waals surface area contributed by atoms with Gasteiger partial charge in [0.25, 0.3) is 0 Å². The van der Waals surface area contributed by atoms with E-state index in [1.165, 1.54) is 10.9 Å². The number of esters is 1. The molecule has 2 aromatic rings. The van der Waals surface area contributed by atoms with Crippen molar-refractivity contribution in [1.29, 1.82) is 0 Å². The first-order valence-electron chi connectivity index (χ1n) is 6.06. The Kier molecular flexibility index (Phi) is 3.83. The number of nitrogens with two attached hydrogens (primary N) is 1. The first kappa shape index (κ1) is 13.8. The molecule has 0 amide bonds. The summed E-state index contributed by atoms with van der Waals surface area (Å²) in [5.41, 5.74) is 6.09. The zero-order valence-electron chi connectivity index (χ0n) is 11.6. The van der Waals surface area contributed by atoms with Crippen molar-refractivity contribution in [3.63, 3.8) is 0 Å². The number of nitrogen functional groups attached to an aromatic ring is 1. The van der Waals surface area contributed by atoms with Crippen LogP contribution in [0.3, 0.4) is 0 Å². The Morgan fingerprint density at radius 3 is 2.90 bits per heavy atom. The van der Waals surface area contributed by atoms with Crippen molar-refractivity contribution < 1.29 is 9.53 Å². The maximum atomic E-state index is 11.7. The predicted molar refractivity (Wildman–Crippen MR) is 73.8 cm³/mol. The van der Waals surface area contributed by atoms with Gasteiger partial charge in [-0.2, -0.15) is 10.1 Å². The van der Waals surface area contributed by atoms with Crippen LogP contribution in [0, 0.1) is 0 Å². The molecule has 0 aliphatic rings. The van der Waals surface area contributed by atoms with Gasteiger partial charge in [-0.1, -0.05) is 0 Å². The summed E-state index contributed by atoms with van der Waals surface area (Å²) < 4.78 is 6.31. The Hall–Kier alpha value is -2.64. The van der Waals surface area contributed by atoms with Crippen LogP contribution in [0.4, 0.5) is 11.6 Å². The van der Waals surface area contributed by atoms with Gasteiger partial charge >= 0.3 is 5.97 Å². The van der Waals surface area contributed by atoms with Crippen LogP contribution < -0.4 is 10.6 Å². The van der Waals surface area contributed by atoms with Crippen LogP contribution in [0.15, 0.2) is 18.5 Å². The lowest BCUT2D eigenvalue weighted by Gasteiger charge is -2.10. The molecule has 8 nitrogen and oxygen atoms in total. The molecule has 0 bridgehead atoms. The van der Waals surface area contributed by atoms with E-state index in [-0.39, 0.29) is 18.0 Å². The summed E-state index contributed by atoms with van der Waals surface area (Å²) in [5.74, 6) is 0.505. The Bertz CT molecular complexity index is 622. The quantitative estimate of drug-likeness (QED) is 0.811. The van der Waals surface area contributed by atoms with E-state index in [2.05, 4.69) is 15.1 Å². The summed E-state index contributed by atoms with van der Waals surface area (Å²) in [4.78, 5) is 21.9. The monoisotopic (exact) mass is 276 g/mol. The molecular formula is C12H16N6O2. The van der Waals surface area contributed by atoms with E-state index < -0.39 is 5.97 Å². The molecule has 0 saturated heterocycles. The van der Waals surface area contributed by atoms with Crippen molar-refractivity contribution in [2.75, 3.05) is 31.3 Å². The van der Waals surface area contributed by atoms with E-state index in [0.29, 0.717) is 11.8 Å². The van der Waals surface area contributed by atoms with Crippen LogP contribution in [-0.2, 0) is 4.74 Å². The van der Waals surface area contributed by atoms with Crippen LogP contribution in [0.5, 0.6) is 0 Å². The Morgan fingerprint density at radius 2 is 2.25 bits per heavy atom. The standard InChI is InChI=1S/C12H16N6O2/c1-4-20-11(19)10-8(13)7-18(16-10)9-5-6-14-12(15-9)17(2)3/h5-7H,4,13H2,1-3H3. The number of aromatic nitrogens is 4. The molecule has 0 radical (unpaired) electrons. The van der Waals surface area contributed by atoms with Gasteiger partial charge in [0.1, 0.15) is 0 Å². The molecule has 0 unspecified atom stereocenters. The average Bonchev–Trinajstić information content (AvgIpc) is 2.81. The zero-order chi connectivity index (χ0) is 14.7. The number of rotatable bonds is 4. The van der Waals surface area contributed by atoms with Gasteiger partial charge in [0, 0.05) is 26.4 Å². The number of hydrogen-bond donors (Lipinski definition) is 1. The second-order valence-electron chi connectivity index (χ2n) is 4.21. The first-order valence-corrected chi connectivity index (χ1v) is 6.06. The fraction of sp³-hybridized carbons (Fsp3) is 0.333. The lowest BCUT2D eigenvalue weighted by Crippen LogP contribution is -2.14. The van der Waals surface area contributed by atoms with Gasteiger partial charge < -0.3 is 15.4 Å². The number of ether oxygens (including phenoxy) is 1. The minimum absolute atomic E-state index is 0.0804. The van der Waals surface area contributed by atoms with E-state index in [1.807, 2.05) is 14.1 Å². The SMILES string of the molecule is CCOC(=O)c1nn(-c2ccnc(N(C)C)n2)cc1N. The smallest absolute Gasteiger partial charge is 0.361 e. The number of nitrogens with zero attached hydrogens (tertiary/aromatic N) is 5. The summed E-state index contributed by atoms with van der Waals surface area (Å²) in [6.45, 7) is 1.99. The molecule has 20 heavy (non-hydrogen) atoms. The van der Waals surface area contributed by atoms with E-state index in [4.69, 9.17) is 10.5 Å². The number of hydrogen-bond acceptors (Lipinski definition) is 7. The summed E-state index contributed by atoms with van der Waals surface area (Å²) in [7, 11) is 3.67. The molecule has 2 aromatic heterocycles. The first-order chi connectivity index (χ1) is 9.52. The van der Waals surface area contributed by atoms with Crippen LogP contribution >= 0.6 is 0 Å². The molecule has 2 heterocycles. The maximum Gasteiger partial charge on any atom is 0.361 e. The van der Waals surface area contributed by atoms with Crippen molar-refractivity contribution in [3.8, 4) is 5.82 Å². The van der Waals surface area contributed by atoms with Crippen molar-refractivity contribution in [2.45, 2.75) is 6.92 Å². The van der Waals surface area contributed by atoms with Gasteiger partial charge in [-0.05, 0) is 6.92 Å². The van der Waals surface area contributed by atoms with Crippen molar-refractivity contribution in [3.05, 3.63) is 24.2 Å². The lowest BCUT2D eigenvalue weighted by atomic mass is 10.4. The molecular weight excluding hydrogens is 260 g/mol. The fourth-order valence-corrected chi connectivity index (χ4v) is 1.54. The second kappa shape index (κ2) is 5.55. The van der Waals surface area contributed by atoms with E-state index in [9.17, 15) is 4.79 Å². The van der Waals surface area contributed by atoms with Gasteiger partial charge in [0.15, 0.2) is 11.5 Å². The van der Waals surface area contributed by atoms with Gasteiger partial charge in [-0.25, -0.2) is 14.5 Å². The third-order valence-electron chi connectivity index (χ3n) is 2.47. The minimum atomic E-state index is -0.550. The highest BCUT2D eigenvalue weighted by molar-refractivity contribution is 5.92. The Morgan fingerprint density at radius 1 is 1.50 bits per heavy atom. The normalized spacial score (nSPS) is 10.3. The molecule has 0 aliphatic heterocycles. The van der Waals surface area contributed by atoms with Gasteiger partial charge in [-0.15, -0.1) is 0 Å². The third-order valence-corrected chi connectivity index (χ3v) is 2.47. The summed E-state index contributed by atoms with van der Waals surface area (Å²) in [6.07, 6.45) is 3.13. The maximum absolute atomic E-state index is 11.7. The van der Waals surface area contributed by atoms with E-state index in [0.717, 1.165) is 0 Å². The van der Waals surface area contributed by atoms with Crippen molar-refractivity contribution in [1.82, 2.24) is 19.7 Å². The Labute approximate surface area is 116 Å². The largest absolute Gasteiger partial charge is 0.461 e. The number of carbonyl (C=O) groups excluding carboxylic acids is 1. The van der Waals surface area contributed by atoms with Crippen molar-refractivity contribution >= 4 is 17.6 Å². The molecule has 0 fully saturated rings. The minimum Gasteiger partial charge on any atom is -0.461 e. The average molecular weight is 276 g/mol. The lowest BCUT2D eigenvalue weighted by molar-refractivity contribution is 0.0520. The highest BCUT2D eigenvalue weighted by atomic mass is 16.5. The van der Waals surface area contributed by atoms with Gasteiger partial charge in [0.2, 0.25) is 5.95 Å². The molecule has 0 aromatic carbocycles. The summed E-state index contributed by atoms with van der Waals surface area (Å²) >= 11 is 0. The molecule has 8 heteroatoms. The van der Waals surface area contributed by atoms with E-state index >= 15 is 0 Å². The van der Waals surface area contributed by atoms with Crippen LogP contribution in [-0.4, -0.2) is 46.4 Å². The predicted octanol–water partition coefficient (Wildman–Crippen LogP) is 0.487. The highest BCUT2D eigenvalue weighted by Gasteiger charge is 2.17. The van der Waals surface area contributed by atoms with Crippen LogP contribution in [0.1, 0.15) is 17.4 Å². The number of anilines is 2. The van der Waals surface area contributed by atoms with Gasteiger partial charge in [-0.3, -0.25) is 0 Å².